The molecule has 1 fully saturated rings. The largest absolute Gasteiger partial charge is 0.378 e. The summed E-state index contributed by atoms with van der Waals surface area (Å²) in [5.74, 6) is 0.0371. The lowest BCUT2D eigenvalue weighted by atomic mass is 10.1. The Labute approximate surface area is 116 Å². The zero-order valence-corrected chi connectivity index (χ0v) is 11.8. The third kappa shape index (κ3) is 3.95. The first-order valence-electron chi connectivity index (χ1n) is 6.01. The van der Waals surface area contributed by atoms with Crippen LogP contribution in [0.15, 0.2) is 12.1 Å². The van der Waals surface area contributed by atoms with E-state index in [9.17, 15) is 4.79 Å². The van der Waals surface area contributed by atoms with Gasteiger partial charge in [0, 0.05) is 23.9 Å². The Morgan fingerprint density at radius 2 is 2.56 bits per heavy atom. The van der Waals surface area contributed by atoms with Crippen LogP contribution in [0.5, 0.6) is 0 Å². The summed E-state index contributed by atoms with van der Waals surface area (Å²) in [6.07, 6.45) is 0.448. The molecular formula is C12H17ClN2O2S. The van der Waals surface area contributed by atoms with Gasteiger partial charge in [-0.1, -0.05) is 11.6 Å². The fourth-order valence-corrected chi connectivity index (χ4v) is 2.97. The molecule has 0 aromatic carbocycles. The normalized spacial score (nSPS) is 21.6. The van der Waals surface area contributed by atoms with E-state index in [1.165, 1.54) is 11.3 Å². The molecule has 100 valence electrons. The lowest BCUT2D eigenvalue weighted by Crippen LogP contribution is -2.44. The third-order valence-electron chi connectivity index (χ3n) is 2.83. The van der Waals surface area contributed by atoms with Crippen LogP contribution >= 0.6 is 22.9 Å². The minimum atomic E-state index is -0.000455. The van der Waals surface area contributed by atoms with Crippen LogP contribution in [-0.4, -0.2) is 31.7 Å². The summed E-state index contributed by atoms with van der Waals surface area (Å²) in [5, 5.41) is 6.24. The topological polar surface area (TPSA) is 50.4 Å². The first-order chi connectivity index (χ1) is 8.65. The summed E-state index contributed by atoms with van der Waals surface area (Å²) in [6.45, 7) is 4.10. The number of morpholine rings is 1. The maximum atomic E-state index is 11.9. The zero-order chi connectivity index (χ0) is 13.0. The molecule has 2 heterocycles. The van der Waals surface area contributed by atoms with Crippen molar-refractivity contribution < 1.29 is 9.53 Å². The number of carbonyl (C=O) groups excluding carboxylic acids is 1. The predicted molar refractivity (Wildman–Crippen MR) is 73.1 cm³/mol. The summed E-state index contributed by atoms with van der Waals surface area (Å²) in [4.78, 5) is 12.9. The number of hydrogen-bond donors (Lipinski definition) is 2. The minimum absolute atomic E-state index is 0.000455. The minimum Gasteiger partial charge on any atom is -0.378 e. The number of amides is 1. The number of carbonyl (C=O) groups is 1. The SMILES string of the molecule is CC(NC(=O)CC1COCCN1)c1ccc(Cl)s1. The van der Waals surface area contributed by atoms with Crippen LogP contribution in [0, 0.1) is 0 Å². The standard InChI is InChI=1S/C12H17ClN2O2S/c1-8(10-2-3-11(13)18-10)15-12(16)6-9-7-17-5-4-14-9/h2-3,8-9,14H,4-7H2,1H3,(H,15,16). The van der Waals surface area contributed by atoms with Crippen molar-refractivity contribution in [2.45, 2.75) is 25.4 Å². The van der Waals surface area contributed by atoms with E-state index < -0.39 is 0 Å². The number of thiophene rings is 1. The van der Waals surface area contributed by atoms with Gasteiger partial charge < -0.3 is 15.4 Å². The molecule has 1 saturated heterocycles. The van der Waals surface area contributed by atoms with Gasteiger partial charge in [0.2, 0.25) is 5.91 Å². The third-order valence-corrected chi connectivity index (χ3v) is 4.24. The summed E-state index contributed by atoms with van der Waals surface area (Å²) in [5.41, 5.74) is 0. The van der Waals surface area contributed by atoms with Crippen LogP contribution in [0.4, 0.5) is 0 Å². The molecule has 6 heteroatoms. The first kappa shape index (κ1) is 13.8. The predicted octanol–water partition coefficient (Wildman–Crippen LogP) is 1.96. The van der Waals surface area contributed by atoms with Crippen LogP contribution < -0.4 is 10.6 Å². The van der Waals surface area contributed by atoms with Gasteiger partial charge in [0.15, 0.2) is 0 Å². The molecule has 2 unspecified atom stereocenters. The van der Waals surface area contributed by atoms with E-state index in [1.54, 1.807) is 0 Å². The van der Waals surface area contributed by atoms with Crippen molar-refractivity contribution >= 4 is 28.8 Å². The maximum absolute atomic E-state index is 11.9. The van der Waals surface area contributed by atoms with Crippen molar-refractivity contribution in [3.8, 4) is 0 Å². The van der Waals surface area contributed by atoms with Gasteiger partial charge in [-0.15, -0.1) is 11.3 Å². The number of hydrogen-bond acceptors (Lipinski definition) is 4. The molecule has 0 aliphatic carbocycles. The number of ether oxygens (including phenoxy) is 1. The van der Waals surface area contributed by atoms with Crippen molar-refractivity contribution in [2.24, 2.45) is 0 Å². The molecule has 2 atom stereocenters. The van der Waals surface area contributed by atoms with E-state index in [-0.39, 0.29) is 18.0 Å². The molecule has 2 rings (SSSR count). The summed E-state index contributed by atoms with van der Waals surface area (Å²) < 4.78 is 6.06. The number of halogens is 1. The van der Waals surface area contributed by atoms with Crippen molar-refractivity contribution in [1.82, 2.24) is 10.6 Å². The zero-order valence-electron chi connectivity index (χ0n) is 10.2. The molecule has 0 saturated carbocycles. The highest BCUT2D eigenvalue weighted by Crippen LogP contribution is 2.26. The van der Waals surface area contributed by atoms with Crippen LogP contribution in [0.2, 0.25) is 4.34 Å². The molecule has 1 aromatic rings. The smallest absolute Gasteiger partial charge is 0.222 e. The van der Waals surface area contributed by atoms with Crippen molar-refractivity contribution in [3.05, 3.63) is 21.3 Å². The number of rotatable bonds is 4. The fraction of sp³-hybridized carbons (Fsp3) is 0.583. The molecule has 1 aromatic heterocycles. The van der Waals surface area contributed by atoms with Crippen LogP contribution in [0.25, 0.3) is 0 Å². The molecule has 0 spiro atoms. The highest BCUT2D eigenvalue weighted by Gasteiger charge is 2.18. The van der Waals surface area contributed by atoms with Crippen LogP contribution in [0.3, 0.4) is 0 Å². The van der Waals surface area contributed by atoms with Gasteiger partial charge in [-0.25, -0.2) is 0 Å². The second kappa shape index (κ2) is 6.52. The molecule has 1 amide bonds. The van der Waals surface area contributed by atoms with Gasteiger partial charge in [-0.05, 0) is 19.1 Å². The lowest BCUT2D eigenvalue weighted by molar-refractivity contribution is -0.122. The summed E-state index contributed by atoms with van der Waals surface area (Å²) in [7, 11) is 0. The van der Waals surface area contributed by atoms with E-state index >= 15 is 0 Å². The van der Waals surface area contributed by atoms with Gasteiger partial charge in [-0.2, -0.15) is 0 Å². The Bertz CT molecular complexity index is 405. The molecule has 0 radical (unpaired) electrons. The van der Waals surface area contributed by atoms with E-state index in [1.807, 2.05) is 19.1 Å². The first-order valence-corrected chi connectivity index (χ1v) is 7.20. The van der Waals surface area contributed by atoms with Crippen LogP contribution in [0.1, 0.15) is 24.3 Å². The second-order valence-electron chi connectivity index (χ2n) is 4.36. The Balaban J connectivity index is 1.79. The molecular weight excluding hydrogens is 272 g/mol. The number of nitrogens with one attached hydrogen (secondary N) is 2. The molecule has 2 N–H and O–H groups in total. The molecule has 4 nitrogen and oxygen atoms in total. The van der Waals surface area contributed by atoms with Crippen molar-refractivity contribution in [3.63, 3.8) is 0 Å². The summed E-state index contributed by atoms with van der Waals surface area (Å²) in [6, 6.07) is 3.91. The van der Waals surface area contributed by atoms with Gasteiger partial charge in [0.05, 0.1) is 23.6 Å². The van der Waals surface area contributed by atoms with E-state index in [0.717, 1.165) is 22.4 Å². The molecule has 1 aliphatic rings. The Morgan fingerprint density at radius 1 is 1.72 bits per heavy atom. The highest BCUT2D eigenvalue weighted by molar-refractivity contribution is 7.16. The Morgan fingerprint density at radius 3 is 3.17 bits per heavy atom. The second-order valence-corrected chi connectivity index (χ2v) is 6.11. The maximum Gasteiger partial charge on any atom is 0.222 e. The average molecular weight is 289 g/mol. The van der Waals surface area contributed by atoms with E-state index in [2.05, 4.69) is 10.6 Å². The summed E-state index contributed by atoms with van der Waals surface area (Å²) >= 11 is 7.37. The van der Waals surface area contributed by atoms with Gasteiger partial charge in [-0.3, -0.25) is 4.79 Å². The molecule has 18 heavy (non-hydrogen) atoms. The molecule has 1 aliphatic heterocycles. The quantitative estimate of drug-likeness (QED) is 0.890. The Hall–Kier alpha value is -0.620. The van der Waals surface area contributed by atoms with E-state index in [0.29, 0.717) is 13.0 Å². The van der Waals surface area contributed by atoms with Crippen LogP contribution in [-0.2, 0) is 9.53 Å². The van der Waals surface area contributed by atoms with Crippen molar-refractivity contribution in [1.29, 1.82) is 0 Å². The average Bonchev–Trinajstić information content (AvgIpc) is 2.77. The molecule has 0 bridgehead atoms. The van der Waals surface area contributed by atoms with Gasteiger partial charge >= 0.3 is 0 Å². The van der Waals surface area contributed by atoms with Gasteiger partial charge in [0.1, 0.15) is 0 Å². The van der Waals surface area contributed by atoms with E-state index in [4.69, 9.17) is 16.3 Å². The highest BCUT2D eigenvalue weighted by atomic mass is 35.5. The van der Waals surface area contributed by atoms with Crippen molar-refractivity contribution in [2.75, 3.05) is 19.8 Å². The fourth-order valence-electron chi connectivity index (χ4n) is 1.91. The van der Waals surface area contributed by atoms with Gasteiger partial charge in [0.25, 0.3) is 0 Å². The Kier molecular flexibility index (Phi) is 5.00. The monoisotopic (exact) mass is 288 g/mol. The lowest BCUT2D eigenvalue weighted by Gasteiger charge is -2.23.